The standard InChI is InChI=1S/C23H18Cl2N2O5S/c24-15-7-8-18(32-22(30)16-5-1-2-6-17(16)25)14(11-15)12-19-21(29)27(23(31)33-19)13-20(28)26-9-3-4-10-26/h1-2,5-8,11-12H,3-4,9-10,13H2/b19-12-. The molecule has 0 radical (unpaired) electrons. The second kappa shape index (κ2) is 9.99. The molecule has 0 aliphatic carbocycles. The number of imide groups is 1. The van der Waals surface area contributed by atoms with Crippen molar-refractivity contribution in [1.29, 1.82) is 0 Å². The molecule has 3 amide bonds. The molecule has 2 aliphatic rings. The number of likely N-dealkylation sites (tertiary alicyclic amines) is 1. The Morgan fingerprint density at radius 2 is 1.79 bits per heavy atom. The van der Waals surface area contributed by atoms with Crippen LogP contribution in [0.5, 0.6) is 5.75 Å². The molecular weight excluding hydrogens is 487 g/mol. The molecular formula is C23H18Cl2N2O5S. The van der Waals surface area contributed by atoms with Crippen LogP contribution in [0.4, 0.5) is 4.79 Å². The molecule has 7 nitrogen and oxygen atoms in total. The number of esters is 1. The Labute approximate surface area is 204 Å². The van der Waals surface area contributed by atoms with E-state index in [1.807, 2.05) is 0 Å². The molecule has 2 aromatic carbocycles. The summed E-state index contributed by atoms with van der Waals surface area (Å²) in [5.74, 6) is -1.37. The summed E-state index contributed by atoms with van der Waals surface area (Å²) < 4.78 is 5.49. The molecule has 0 saturated carbocycles. The van der Waals surface area contributed by atoms with Gasteiger partial charge in [0.05, 0.1) is 15.5 Å². The molecule has 2 heterocycles. The molecule has 2 fully saturated rings. The highest BCUT2D eigenvalue weighted by Crippen LogP contribution is 2.35. The largest absolute Gasteiger partial charge is 0.422 e. The number of hydrogen-bond acceptors (Lipinski definition) is 6. The monoisotopic (exact) mass is 504 g/mol. The Hall–Kier alpha value is -2.81. The minimum Gasteiger partial charge on any atom is -0.422 e. The fraction of sp³-hybridized carbons (Fsp3) is 0.217. The first-order valence-corrected chi connectivity index (χ1v) is 11.7. The maximum Gasteiger partial charge on any atom is 0.345 e. The van der Waals surface area contributed by atoms with E-state index in [0.29, 0.717) is 35.4 Å². The molecule has 33 heavy (non-hydrogen) atoms. The number of rotatable bonds is 5. The molecule has 10 heteroatoms. The van der Waals surface area contributed by atoms with Gasteiger partial charge in [-0.25, -0.2) is 4.79 Å². The molecule has 2 aromatic rings. The lowest BCUT2D eigenvalue weighted by Gasteiger charge is -2.18. The summed E-state index contributed by atoms with van der Waals surface area (Å²) in [6.45, 7) is 0.965. The molecule has 2 aliphatic heterocycles. The van der Waals surface area contributed by atoms with E-state index in [1.54, 1.807) is 23.1 Å². The van der Waals surface area contributed by atoms with Crippen LogP contribution in [-0.4, -0.2) is 52.5 Å². The molecule has 0 spiro atoms. The summed E-state index contributed by atoms with van der Waals surface area (Å²) in [5, 5.41) is 0.0551. The normalized spacial score (nSPS) is 17.2. The van der Waals surface area contributed by atoms with Crippen molar-refractivity contribution in [2.75, 3.05) is 19.6 Å². The van der Waals surface area contributed by atoms with Crippen molar-refractivity contribution >= 4 is 64.1 Å². The number of amides is 3. The number of ether oxygens (including phenoxy) is 1. The fourth-order valence-electron chi connectivity index (χ4n) is 3.49. The van der Waals surface area contributed by atoms with E-state index < -0.39 is 17.1 Å². The van der Waals surface area contributed by atoms with Gasteiger partial charge in [0.2, 0.25) is 5.91 Å². The van der Waals surface area contributed by atoms with Gasteiger partial charge in [0.1, 0.15) is 12.3 Å². The minimum absolute atomic E-state index is 0.103. The summed E-state index contributed by atoms with van der Waals surface area (Å²) in [5.41, 5.74) is 0.514. The number of hydrogen-bond donors (Lipinski definition) is 0. The Kier molecular flexibility index (Phi) is 7.07. The van der Waals surface area contributed by atoms with Crippen LogP contribution in [0.3, 0.4) is 0 Å². The van der Waals surface area contributed by atoms with Gasteiger partial charge in [-0.1, -0.05) is 35.3 Å². The summed E-state index contributed by atoms with van der Waals surface area (Å²) in [7, 11) is 0. The predicted octanol–water partition coefficient (Wildman–Crippen LogP) is 4.87. The third-order valence-corrected chi connectivity index (χ3v) is 6.65. The Balaban J connectivity index is 1.56. The van der Waals surface area contributed by atoms with Crippen LogP contribution < -0.4 is 4.74 Å². The van der Waals surface area contributed by atoms with E-state index in [9.17, 15) is 19.2 Å². The predicted molar refractivity (Wildman–Crippen MR) is 126 cm³/mol. The van der Waals surface area contributed by atoms with E-state index in [2.05, 4.69) is 0 Å². The molecule has 0 bridgehead atoms. The van der Waals surface area contributed by atoms with E-state index >= 15 is 0 Å². The highest BCUT2D eigenvalue weighted by molar-refractivity contribution is 8.18. The Bertz CT molecular complexity index is 1180. The summed E-state index contributed by atoms with van der Waals surface area (Å²) >= 11 is 12.9. The van der Waals surface area contributed by atoms with Crippen LogP contribution in [0.1, 0.15) is 28.8 Å². The number of nitrogens with zero attached hydrogens (tertiary/aromatic N) is 2. The summed E-state index contributed by atoms with van der Waals surface area (Å²) in [6.07, 6.45) is 3.25. The fourth-order valence-corrected chi connectivity index (χ4v) is 4.71. The highest BCUT2D eigenvalue weighted by atomic mass is 35.5. The molecule has 0 unspecified atom stereocenters. The second-order valence-electron chi connectivity index (χ2n) is 7.41. The summed E-state index contributed by atoms with van der Waals surface area (Å²) in [6, 6.07) is 11.0. The van der Waals surface area contributed by atoms with Crippen LogP contribution in [0.2, 0.25) is 10.0 Å². The zero-order chi connectivity index (χ0) is 23.5. The average molecular weight is 505 g/mol. The Morgan fingerprint density at radius 1 is 1.06 bits per heavy atom. The first-order valence-electron chi connectivity index (χ1n) is 10.1. The van der Waals surface area contributed by atoms with Gasteiger partial charge in [0.25, 0.3) is 11.1 Å². The van der Waals surface area contributed by atoms with Crippen LogP contribution in [0.25, 0.3) is 6.08 Å². The number of carbonyl (C=O) groups is 4. The molecule has 2 saturated heterocycles. The van der Waals surface area contributed by atoms with Gasteiger partial charge in [0.15, 0.2) is 0 Å². The van der Waals surface area contributed by atoms with E-state index in [0.717, 1.165) is 17.7 Å². The van der Waals surface area contributed by atoms with Gasteiger partial charge in [-0.15, -0.1) is 0 Å². The first kappa shape index (κ1) is 23.4. The van der Waals surface area contributed by atoms with Crippen LogP contribution in [-0.2, 0) is 9.59 Å². The number of thioether (sulfide) groups is 1. The van der Waals surface area contributed by atoms with Crippen molar-refractivity contribution in [2.24, 2.45) is 0 Å². The van der Waals surface area contributed by atoms with Crippen LogP contribution in [0.15, 0.2) is 47.4 Å². The lowest BCUT2D eigenvalue weighted by Crippen LogP contribution is -2.40. The van der Waals surface area contributed by atoms with Gasteiger partial charge in [-0.2, -0.15) is 0 Å². The van der Waals surface area contributed by atoms with Crippen molar-refractivity contribution in [3.05, 3.63) is 68.5 Å². The first-order chi connectivity index (χ1) is 15.8. The molecule has 0 atom stereocenters. The van der Waals surface area contributed by atoms with Crippen molar-refractivity contribution < 1.29 is 23.9 Å². The van der Waals surface area contributed by atoms with E-state index in [-0.39, 0.29) is 33.7 Å². The molecule has 0 aromatic heterocycles. The van der Waals surface area contributed by atoms with Crippen LogP contribution >= 0.6 is 35.0 Å². The number of halogens is 2. The van der Waals surface area contributed by atoms with E-state index in [4.69, 9.17) is 27.9 Å². The molecule has 170 valence electrons. The maximum absolute atomic E-state index is 12.8. The van der Waals surface area contributed by atoms with Gasteiger partial charge in [0, 0.05) is 23.7 Å². The molecule has 4 rings (SSSR count). The van der Waals surface area contributed by atoms with Crippen LogP contribution in [0, 0.1) is 0 Å². The Morgan fingerprint density at radius 3 is 2.52 bits per heavy atom. The third-order valence-electron chi connectivity index (χ3n) is 5.18. The topological polar surface area (TPSA) is 84.0 Å². The average Bonchev–Trinajstić information content (AvgIpc) is 3.41. The van der Waals surface area contributed by atoms with Crippen molar-refractivity contribution in [3.63, 3.8) is 0 Å². The lowest BCUT2D eigenvalue weighted by atomic mass is 10.1. The smallest absolute Gasteiger partial charge is 0.345 e. The van der Waals surface area contributed by atoms with Gasteiger partial charge < -0.3 is 9.64 Å². The summed E-state index contributed by atoms with van der Waals surface area (Å²) in [4.78, 5) is 52.9. The highest BCUT2D eigenvalue weighted by Gasteiger charge is 2.37. The SMILES string of the molecule is O=C(Oc1ccc(Cl)cc1/C=C1\SC(=O)N(CC(=O)N2CCCC2)C1=O)c1ccccc1Cl. The number of benzene rings is 2. The van der Waals surface area contributed by atoms with E-state index in [1.165, 1.54) is 30.3 Å². The van der Waals surface area contributed by atoms with Crippen molar-refractivity contribution in [2.45, 2.75) is 12.8 Å². The van der Waals surface area contributed by atoms with Crippen molar-refractivity contribution in [3.8, 4) is 5.75 Å². The minimum atomic E-state index is -0.679. The molecule has 0 N–H and O–H groups in total. The quantitative estimate of drug-likeness (QED) is 0.328. The third kappa shape index (κ3) is 5.24. The second-order valence-corrected chi connectivity index (χ2v) is 9.24. The number of carbonyl (C=O) groups excluding carboxylic acids is 4. The zero-order valence-electron chi connectivity index (χ0n) is 17.3. The van der Waals surface area contributed by atoms with Gasteiger partial charge in [-0.05, 0) is 61.0 Å². The maximum atomic E-state index is 12.8. The van der Waals surface area contributed by atoms with Gasteiger partial charge in [-0.3, -0.25) is 19.3 Å². The van der Waals surface area contributed by atoms with Gasteiger partial charge >= 0.3 is 5.97 Å². The zero-order valence-corrected chi connectivity index (χ0v) is 19.6. The lowest BCUT2D eigenvalue weighted by molar-refractivity contribution is -0.135. The van der Waals surface area contributed by atoms with Crippen molar-refractivity contribution in [1.82, 2.24) is 9.80 Å².